The molecule has 23 heavy (non-hydrogen) atoms. The summed E-state index contributed by atoms with van der Waals surface area (Å²) in [7, 11) is 0. The third-order valence-corrected chi connectivity index (χ3v) is 3.24. The molecule has 1 amide bonds. The van der Waals surface area contributed by atoms with Crippen molar-refractivity contribution < 1.29 is 23.1 Å². The van der Waals surface area contributed by atoms with Crippen LogP contribution in [0.3, 0.4) is 0 Å². The number of nitrogens with one attached hydrogen (secondary N) is 1. The number of aromatic nitrogens is 2. The molecule has 0 saturated carbocycles. The van der Waals surface area contributed by atoms with E-state index in [2.05, 4.69) is 15.5 Å². The van der Waals surface area contributed by atoms with Crippen molar-refractivity contribution in [2.45, 2.75) is 6.54 Å². The summed E-state index contributed by atoms with van der Waals surface area (Å²) in [6.45, 7) is 0.427. The van der Waals surface area contributed by atoms with Crippen molar-refractivity contribution in [2.75, 3.05) is 6.79 Å². The highest BCUT2D eigenvalue weighted by molar-refractivity contribution is 5.89. The molecule has 3 heterocycles. The Labute approximate surface area is 130 Å². The zero-order chi connectivity index (χ0) is 15.6. The SMILES string of the molecule is O=C(NCc1ccco1)c1nnc(-c2ccc3c(c2)OCO3)o1. The van der Waals surface area contributed by atoms with Crippen LogP contribution in [0.15, 0.2) is 45.4 Å². The van der Waals surface area contributed by atoms with Crippen LogP contribution in [0.2, 0.25) is 0 Å². The number of carbonyl (C=O) groups excluding carboxylic acids is 1. The van der Waals surface area contributed by atoms with Gasteiger partial charge in [0.05, 0.1) is 12.8 Å². The number of carbonyl (C=O) groups is 1. The summed E-state index contributed by atoms with van der Waals surface area (Å²) in [6, 6.07) is 8.72. The topological polar surface area (TPSA) is 99.6 Å². The van der Waals surface area contributed by atoms with Gasteiger partial charge in [-0.2, -0.15) is 0 Å². The van der Waals surface area contributed by atoms with Gasteiger partial charge in [0, 0.05) is 5.56 Å². The van der Waals surface area contributed by atoms with Crippen molar-refractivity contribution in [1.82, 2.24) is 15.5 Å². The molecular weight excluding hydrogens is 302 g/mol. The quantitative estimate of drug-likeness (QED) is 0.786. The van der Waals surface area contributed by atoms with Crippen molar-refractivity contribution >= 4 is 5.91 Å². The van der Waals surface area contributed by atoms with Crippen molar-refractivity contribution in [3.8, 4) is 23.0 Å². The molecule has 0 atom stereocenters. The second kappa shape index (κ2) is 5.48. The second-order valence-electron chi connectivity index (χ2n) is 4.74. The molecule has 0 spiro atoms. The average molecular weight is 313 g/mol. The lowest BCUT2D eigenvalue weighted by atomic mass is 10.2. The number of hydrogen-bond donors (Lipinski definition) is 1. The highest BCUT2D eigenvalue weighted by Crippen LogP contribution is 2.35. The van der Waals surface area contributed by atoms with Gasteiger partial charge < -0.3 is 23.6 Å². The van der Waals surface area contributed by atoms with E-state index in [0.717, 1.165) is 0 Å². The Morgan fingerprint density at radius 2 is 2.09 bits per heavy atom. The molecule has 8 heteroatoms. The van der Waals surface area contributed by atoms with Gasteiger partial charge >= 0.3 is 11.8 Å². The zero-order valence-electron chi connectivity index (χ0n) is 11.8. The van der Waals surface area contributed by atoms with E-state index in [1.54, 1.807) is 30.3 Å². The van der Waals surface area contributed by atoms with Gasteiger partial charge in [0.15, 0.2) is 11.5 Å². The maximum atomic E-state index is 12.0. The van der Waals surface area contributed by atoms with Crippen molar-refractivity contribution in [2.24, 2.45) is 0 Å². The highest BCUT2D eigenvalue weighted by atomic mass is 16.7. The highest BCUT2D eigenvalue weighted by Gasteiger charge is 2.19. The predicted octanol–water partition coefficient (Wildman–Crippen LogP) is 1.99. The molecule has 0 radical (unpaired) electrons. The van der Waals surface area contributed by atoms with E-state index in [9.17, 15) is 4.79 Å². The first-order chi connectivity index (χ1) is 11.3. The molecule has 4 rings (SSSR count). The lowest BCUT2D eigenvalue weighted by molar-refractivity contribution is 0.0914. The summed E-state index contributed by atoms with van der Waals surface area (Å²) in [6.07, 6.45) is 1.53. The molecule has 0 unspecified atom stereocenters. The van der Waals surface area contributed by atoms with Gasteiger partial charge in [0.2, 0.25) is 12.7 Å². The fourth-order valence-electron chi connectivity index (χ4n) is 2.12. The van der Waals surface area contributed by atoms with E-state index < -0.39 is 5.91 Å². The number of nitrogens with zero attached hydrogens (tertiary/aromatic N) is 2. The van der Waals surface area contributed by atoms with E-state index in [4.69, 9.17) is 18.3 Å². The molecule has 1 aliphatic heterocycles. The predicted molar refractivity (Wildman–Crippen MR) is 75.7 cm³/mol. The molecule has 1 aliphatic rings. The Morgan fingerprint density at radius 3 is 2.96 bits per heavy atom. The Morgan fingerprint density at radius 1 is 1.17 bits per heavy atom. The number of hydrogen-bond acceptors (Lipinski definition) is 7. The van der Waals surface area contributed by atoms with Crippen LogP contribution < -0.4 is 14.8 Å². The van der Waals surface area contributed by atoms with Gasteiger partial charge in [-0.15, -0.1) is 10.2 Å². The Kier molecular flexibility index (Phi) is 3.19. The van der Waals surface area contributed by atoms with Gasteiger partial charge in [-0.1, -0.05) is 0 Å². The molecule has 0 bridgehead atoms. The van der Waals surface area contributed by atoms with Crippen LogP contribution in [0.5, 0.6) is 11.5 Å². The minimum atomic E-state index is -0.471. The van der Waals surface area contributed by atoms with Crippen LogP contribution in [0.1, 0.15) is 16.4 Å². The van der Waals surface area contributed by atoms with E-state index in [1.807, 2.05) is 0 Å². The maximum Gasteiger partial charge on any atom is 0.309 e. The van der Waals surface area contributed by atoms with Gasteiger partial charge in [0.25, 0.3) is 0 Å². The van der Waals surface area contributed by atoms with Crippen molar-refractivity contribution in [3.05, 3.63) is 48.2 Å². The summed E-state index contributed by atoms with van der Waals surface area (Å²) < 4.78 is 21.1. The van der Waals surface area contributed by atoms with Gasteiger partial charge in [-0.25, -0.2) is 0 Å². The van der Waals surface area contributed by atoms with Crippen LogP contribution in [-0.4, -0.2) is 22.9 Å². The Bertz CT molecular complexity index is 841. The molecule has 2 aromatic heterocycles. The first-order valence-electron chi connectivity index (χ1n) is 6.84. The third-order valence-electron chi connectivity index (χ3n) is 3.24. The smallest absolute Gasteiger partial charge is 0.309 e. The fourth-order valence-corrected chi connectivity index (χ4v) is 2.12. The monoisotopic (exact) mass is 313 g/mol. The zero-order valence-corrected chi connectivity index (χ0v) is 11.8. The summed E-state index contributed by atoms with van der Waals surface area (Å²) in [5, 5.41) is 10.3. The van der Waals surface area contributed by atoms with Gasteiger partial charge in [-0.05, 0) is 30.3 Å². The fraction of sp³-hybridized carbons (Fsp3) is 0.133. The number of amides is 1. The molecule has 1 N–H and O–H groups in total. The third kappa shape index (κ3) is 2.61. The van der Waals surface area contributed by atoms with Gasteiger partial charge in [0.1, 0.15) is 5.76 Å². The van der Waals surface area contributed by atoms with Gasteiger partial charge in [-0.3, -0.25) is 4.79 Å². The molecule has 0 aliphatic carbocycles. The lowest BCUT2D eigenvalue weighted by Crippen LogP contribution is -2.22. The van der Waals surface area contributed by atoms with E-state index in [-0.39, 0.29) is 25.1 Å². The summed E-state index contributed by atoms with van der Waals surface area (Å²) in [5.74, 6) is 1.53. The van der Waals surface area contributed by atoms with Crippen molar-refractivity contribution in [3.63, 3.8) is 0 Å². The summed E-state index contributed by atoms with van der Waals surface area (Å²) in [5.41, 5.74) is 0.645. The van der Waals surface area contributed by atoms with Crippen LogP contribution in [0, 0.1) is 0 Å². The van der Waals surface area contributed by atoms with Crippen LogP contribution in [-0.2, 0) is 6.54 Å². The maximum absolute atomic E-state index is 12.0. The first kappa shape index (κ1) is 13.4. The molecule has 8 nitrogen and oxygen atoms in total. The minimum Gasteiger partial charge on any atom is -0.467 e. The molecule has 0 saturated heterocycles. The molecule has 0 fully saturated rings. The van der Waals surface area contributed by atoms with E-state index in [1.165, 1.54) is 6.26 Å². The van der Waals surface area contributed by atoms with Crippen molar-refractivity contribution in [1.29, 1.82) is 0 Å². The molecule has 1 aromatic carbocycles. The molecule has 116 valence electrons. The standard InChI is InChI=1S/C15H11N3O5/c19-13(16-7-10-2-1-5-20-10)15-18-17-14(23-15)9-3-4-11-12(6-9)22-8-21-11/h1-6H,7-8H2,(H,16,19). The number of benzene rings is 1. The normalized spacial score (nSPS) is 12.3. The number of rotatable bonds is 4. The number of furan rings is 1. The first-order valence-corrected chi connectivity index (χ1v) is 6.84. The number of ether oxygens (including phenoxy) is 2. The summed E-state index contributed by atoms with van der Waals surface area (Å²) >= 11 is 0. The van der Waals surface area contributed by atoms with Crippen LogP contribution >= 0.6 is 0 Å². The lowest BCUT2D eigenvalue weighted by Gasteiger charge is -1.99. The Hall–Kier alpha value is -3.29. The summed E-state index contributed by atoms with van der Waals surface area (Å²) in [4.78, 5) is 12.0. The van der Waals surface area contributed by atoms with E-state index >= 15 is 0 Å². The molecular formula is C15H11N3O5. The largest absolute Gasteiger partial charge is 0.467 e. The van der Waals surface area contributed by atoms with Crippen LogP contribution in [0.25, 0.3) is 11.5 Å². The van der Waals surface area contributed by atoms with E-state index in [0.29, 0.717) is 22.8 Å². The minimum absolute atomic E-state index is 0.121. The second-order valence-corrected chi connectivity index (χ2v) is 4.74. The average Bonchev–Trinajstić information content (AvgIpc) is 3.32. The number of fused-ring (bicyclic) bond motifs is 1. The Balaban J connectivity index is 1.49. The van der Waals surface area contributed by atoms with Crippen LogP contribution in [0.4, 0.5) is 0 Å². The molecule has 3 aromatic rings.